The second-order valence-corrected chi connectivity index (χ2v) is 5.81. The minimum atomic E-state index is -0.435. The minimum absolute atomic E-state index is 0.0642. The molecule has 0 aromatic carbocycles. The predicted octanol–water partition coefficient (Wildman–Crippen LogP) is 3.13. The summed E-state index contributed by atoms with van der Waals surface area (Å²) >= 11 is 0. The van der Waals surface area contributed by atoms with E-state index in [2.05, 4.69) is 37.7 Å². The smallest absolute Gasteiger partial charge is 0.358 e. The SMILES string of the molecule is COC(=O)c1cnc2c(n1)C(C)(C)CCC2=C(C)C. The second kappa shape index (κ2) is 4.76. The molecule has 0 amide bonds. The van der Waals surface area contributed by atoms with Crippen molar-refractivity contribution in [3.63, 3.8) is 0 Å². The van der Waals surface area contributed by atoms with E-state index in [-0.39, 0.29) is 11.1 Å². The first kappa shape index (κ1) is 13.7. The Bertz CT molecular complexity index is 555. The first-order valence-corrected chi connectivity index (χ1v) is 6.49. The Hall–Kier alpha value is -1.71. The molecule has 0 bridgehead atoms. The van der Waals surface area contributed by atoms with Crippen molar-refractivity contribution in [3.05, 3.63) is 28.9 Å². The van der Waals surface area contributed by atoms with Crippen molar-refractivity contribution in [2.24, 2.45) is 0 Å². The van der Waals surface area contributed by atoms with Gasteiger partial charge in [0.25, 0.3) is 0 Å². The van der Waals surface area contributed by atoms with Gasteiger partial charge in [0.05, 0.1) is 24.7 Å². The summed E-state index contributed by atoms with van der Waals surface area (Å²) < 4.78 is 4.72. The van der Waals surface area contributed by atoms with Gasteiger partial charge in [-0.15, -0.1) is 0 Å². The van der Waals surface area contributed by atoms with Gasteiger partial charge >= 0.3 is 5.97 Å². The third-order valence-electron chi connectivity index (χ3n) is 3.70. The summed E-state index contributed by atoms with van der Waals surface area (Å²) in [6, 6.07) is 0. The Morgan fingerprint density at radius 2 is 2.05 bits per heavy atom. The van der Waals surface area contributed by atoms with Crippen molar-refractivity contribution >= 4 is 11.5 Å². The zero-order valence-electron chi connectivity index (χ0n) is 12.2. The molecule has 0 unspecified atom stereocenters. The van der Waals surface area contributed by atoms with Crippen LogP contribution in [0.15, 0.2) is 11.8 Å². The van der Waals surface area contributed by atoms with E-state index >= 15 is 0 Å². The van der Waals surface area contributed by atoms with Crippen LogP contribution in [0.2, 0.25) is 0 Å². The van der Waals surface area contributed by atoms with E-state index in [0.29, 0.717) is 0 Å². The van der Waals surface area contributed by atoms with Gasteiger partial charge in [-0.2, -0.15) is 0 Å². The number of allylic oxidation sites excluding steroid dienone is 2. The van der Waals surface area contributed by atoms with Crippen molar-refractivity contribution in [3.8, 4) is 0 Å². The molecule has 1 aromatic heterocycles. The Morgan fingerprint density at radius 3 is 2.63 bits per heavy atom. The first-order chi connectivity index (χ1) is 8.86. The number of carbonyl (C=O) groups is 1. The summed E-state index contributed by atoms with van der Waals surface area (Å²) in [5.41, 5.74) is 4.56. The van der Waals surface area contributed by atoms with Gasteiger partial charge in [0.1, 0.15) is 0 Å². The van der Waals surface area contributed by atoms with E-state index < -0.39 is 5.97 Å². The average Bonchev–Trinajstić information content (AvgIpc) is 2.37. The quantitative estimate of drug-likeness (QED) is 0.728. The molecular weight excluding hydrogens is 240 g/mol. The predicted molar refractivity (Wildman–Crippen MR) is 73.9 cm³/mol. The molecule has 0 fully saturated rings. The Labute approximate surface area is 113 Å². The molecule has 102 valence electrons. The van der Waals surface area contributed by atoms with Gasteiger partial charge in [0.2, 0.25) is 0 Å². The van der Waals surface area contributed by atoms with E-state index in [1.807, 2.05) is 0 Å². The molecule has 19 heavy (non-hydrogen) atoms. The maximum atomic E-state index is 11.6. The van der Waals surface area contributed by atoms with Crippen molar-refractivity contribution in [2.75, 3.05) is 7.11 Å². The molecule has 0 spiro atoms. The number of hydrogen-bond acceptors (Lipinski definition) is 4. The molecular formula is C15H20N2O2. The molecule has 1 aliphatic carbocycles. The number of carbonyl (C=O) groups excluding carboxylic acids is 1. The van der Waals surface area contributed by atoms with Crippen LogP contribution in [0, 0.1) is 0 Å². The highest BCUT2D eigenvalue weighted by molar-refractivity contribution is 5.87. The van der Waals surface area contributed by atoms with E-state index in [4.69, 9.17) is 4.74 Å². The van der Waals surface area contributed by atoms with Crippen molar-refractivity contribution in [2.45, 2.75) is 46.0 Å². The fourth-order valence-corrected chi connectivity index (χ4v) is 2.45. The van der Waals surface area contributed by atoms with Crippen LogP contribution in [0.1, 0.15) is 62.4 Å². The third kappa shape index (κ3) is 2.39. The van der Waals surface area contributed by atoms with Crippen LogP contribution in [0.5, 0.6) is 0 Å². The Kier molecular flexibility index (Phi) is 3.43. The lowest BCUT2D eigenvalue weighted by Gasteiger charge is -2.32. The summed E-state index contributed by atoms with van der Waals surface area (Å²) in [4.78, 5) is 20.6. The van der Waals surface area contributed by atoms with Gasteiger partial charge in [0.15, 0.2) is 5.69 Å². The zero-order chi connectivity index (χ0) is 14.2. The molecule has 0 atom stereocenters. The number of esters is 1. The Morgan fingerprint density at radius 1 is 1.37 bits per heavy atom. The van der Waals surface area contributed by atoms with Gasteiger partial charge in [-0.1, -0.05) is 19.4 Å². The van der Waals surface area contributed by atoms with Gasteiger partial charge < -0.3 is 4.74 Å². The topological polar surface area (TPSA) is 52.1 Å². The number of nitrogens with zero attached hydrogens (tertiary/aromatic N) is 2. The minimum Gasteiger partial charge on any atom is -0.464 e. The van der Waals surface area contributed by atoms with E-state index in [0.717, 1.165) is 24.2 Å². The molecule has 2 rings (SSSR count). The lowest BCUT2D eigenvalue weighted by atomic mass is 9.75. The molecule has 0 saturated carbocycles. The zero-order valence-corrected chi connectivity index (χ0v) is 12.2. The first-order valence-electron chi connectivity index (χ1n) is 6.49. The van der Waals surface area contributed by atoms with Crippen LogP contribution in [0.25, 0.3) is 5.57 Å². The number of methoxy groups -OCH3 is 1. The summed E-state index contributed by atoms with van der Waals surface area (Å²) in [6.07, 6.45) is 3.53. The van der Waals surface area contributed by atoms with Crippen LogP contribution in [-0.2, 0) is 10.2 Å². The van der Waals surface area contributed by atoms with Crippen LogP contribution < -0.4 is 0 Å². The van der Waals surface area contributed by atoms with Crippen LogP contribution >= 0.6 is 0 Å². The summed E-state index contributed by atoms with van der Waals surface area (Å²) in [5, 5.41) is 0. The van der Waals surface area contributed by atoms with Crippen LogP contribution in [0.4, 0.5) is 0 Å². The van der Waals surface area contributed by atoms with Gasteiger partial charge in [-0.05, 0) is 32.3 Å². The van der Waals surface area contributed by atoms with Gasteiger partial charge in [-0.25, -0.2) is 9.78 Å². The summed E-state index contributed by atoms with van der Waals surface area (Å²) in [5.74, 6) is -0.435. The molecule has 0 radical (unpaired) electrons. The average molecular weight is 260 g/mol. The van der Waals surface area contributed by atoms with Crippen molar-refractivity contribution in [1.29, 1.82) is 0 Å². The van der Waals surface area contributed by atoms with Crippen molar-refractivity contribution in [1.82, 2.24) is 9.97 Å². The molecule has 0 aliphatic heterocycles. The van der Waals surface area contributed by atoms with Gasteiger partial charge in [-0.3, -0.25) is 4.98 Å². The molecule has 0 N–H and O–H groups in total. The molecule has 4 heteroatoms. The van der Waals surface area contributed by atoms with Crippen molar-refractivity contribution < 1.29 is 9.53 Å². The normalized spacial score (nSPS) is 16.8. The fraction of sp³-hybridized carbons (Fsp3) is 0.533. The summed E-state index contributed by atoms with van der Waals surface area (Å²) in [6.45, 7) is 8.47. The Balaban J connectivity index is 2.62. The van der Waals surface area contributed by atoms with Gasteiger partial charge in [0, 0.05) is 5.41 Å². The third-order valence-corrected chi connectivity index (χ3v) is 3.70. The van der Waals surface area contributed by atoms with E-state index in [1.54, 1.807) is 0 Å². The lowest BCUT2D eigenvalue weighted by molar-refractivity contribution is 0.0592. The second-order valence-electron chi connectivity index (χ2n) is 5.81. The monoisotopic (exact) mass is 260 g/mol. The fourth-order valence-electron chi connectivity index (χ4n) is 2.45. The number of ether oxygens (including phenoxy) is 1. The maximum Gasteiger partial charge on any atom is 0.358 e. The molecule has 4 nitrogen and oxygen atoms in total. The molecule has 1 aliphatic rings. The number of aromatic nitrogens is 2. The highest BCUT2D eigenvalue weighted by Gasteiger charge is 2.33. The largest absolute Gasteiger partial charge is 0.464 e. The summed E-state index contributed by atoms with van der Waals surface area (Å²) in [7, 11) is 1.36. The number of rotatable bonds is 1. The number of fused-ring (bicyclic) bond motifs is 1. The van der Waals surface area contributed by atoms with Crippen LogP contribution in [0.3, 0.4) is 0 Å². The number of hydrogen-bond donors (Lipinski definition) is 0. The van der Waals surface area contributed by atoms with E-state index in [1.165, 1.54) is 24.5 Å². The lowest BCUT2D eigenvalue weighted by Crippen LogP contribution is -2.27. The van der Waals surface area contributed by atoms with E-state index in [9.17, 15) is 4.79 Å². The maximum absolute atomic E-state index is 11.6. The standard InChI is InChI=1S/C15H20N2O2/c1-9(2)10-6-7-15(3,4)13-12(10)16-8-11(17-13)14(18)19-5/h8H,6-7H2,1-5H3. The molecule has 0 saturated heterocycles. The molecule has 1 heterocycles. The highest BCUT2D eigenvalue weighted by atomic mass is 16.5. The highest BCUT2D eigenvalue weighted by Crippen LogP contribution is 2.41. The van der Waals surface area contributed by atoms with Crippen LogP contribution in [-0.4, -0.2) is 23.0 Å². The molecule has 1 aromatic rings.